The van der Waals surface area contributed by atoms with Crippen LogP contribution in [0.4, 0.5) is 4.79 Å². The van der Waals surface area contributed by atoms with E-state index in [1.807, 2.05) is 17.0 Å². The maximum atomic E-state index is 12.9. The number of fused-ring (bicyclic) bond motifs is 1. The summed E-state index contributed by atoms with van der Waals surface area (Å²) in [6.45, 7) is 1.30. The van der Waals surface area contributed by atoms with Crippen LogP contribution in [0.15, 0.2) is 29.3 Å². The minimum Gasteiger partial charge on any atom is -0.497 e. The highest BCUT2D eigenvalue weighted by molar-refractivity contribution is 6.06. The molecule has 4 amide bonds. The van der Waals surface area contributed by atoms with E-state index in [1.165, 1.54) is 11.1 Å². The number of rotatable bonds is 4. The predicted octanol–water partition coefficient (Wildman–Crippen LogP) is 1.31. The molecular weight excluding hydrogens is 346 g/mol. The molecule has 1 atom stereocenters. The summed E-state index contributed by atoms with van der Waals surface area (Å²) in [6, 6.07) is 4.87. The molecule has 0 radical (unpaired) electrons. The van der Waals surface area contributed by atoms with Crippen molar-refractivity contribution in [1.82, 2.24) is 15.5 Å². The van der Waals surface area contributed by atoms with Crippen molar-refractivity contribution in [2.24, 2.45) is 0 Å². The van der Waals surface area contributed by atoms with Crippen molar-refractivity contribution in [1.29, 1.82) is 0 Å². The lowest BCUT2D eigenvalue weighted by Gasteiger charge is -2.22. The summed E-state index contributed by atoms with van der Waals surface area (Å²) in [5.41, 5.74) is 4.35. The van der Waals surface area contributed by atoms with Gasteiger partial charge in [0, 0.05) is 13.1 Å². The molecule has 2 heterocycles. The van der Waals surface area contributed by atoms with E-state index in [2.05, 4.69) is 16.7 Å². The second kappa shape index (κ2) is 7.06. The smallest absolute Gasteiger partial charge is 0.322 e. The number of carbonyl (C=O) groups excluding carboxylic acids is 3. The fourth-order valence-corrected chi connectivity index (χ4v) is 3.83. The molecule has 1 saturated heterocycles. The lowest BCUT2D eigenvalue weighted by Crippen LogP contribution is -2.37. The third kappa shape index (κ3) is 3.67. The van der Waals surface area contributed by atoms with Crippen molar-refractivity contribution in [2.75, 3.05) is 20.2 Å². The van der Waals surface area contributed by atoms with Crippen molar-refractivity contribution in [3.63, 3.8) is 0 Å². The first-order valence-corrected chi connectivity index (χ1v) is 9.31. The topological polar surface area (TPSA) is 87.7 Å². The molecule has 7 heteroatoms. The molecule has 2 fully saturated rings. The van der Waals surface area contributed by atoms with Crippen LogP contribution in [0, 0.1) is 0 Å². The highest BCUT2D eigenvalue weighted by atomic mass is 16.5. The third-order valence-corrected chi connectivity index (χ3v) is 5.49. The third-order valence-electron chi connectivity index (χ3n) is 5.49. The predicted molar refractivity (Wildman–Crippen MR) is 98.3 cm³/mol. The van der Waals surface area contributed by atoms with Crippen LogP contribution in [-0.2, 0) is 22.4 Å². The van der Waals surface area contributed by atoms with Crippen molar-refractivity contribution >= 4 is 17.8 Å². The Labute approximate surface area is 157 Å². The molecule has 0 unspecified atom stereocenters. The molecule has 0 bridgehead atoms. The second-order valence-corrected chi connectivity index (χ2v) is 7.22. The van der Waals surface area contributed by atoms with E-state index in [0.717, 1.165) is 42.6 Å². The maximum absolute atomic E-state index is 12.9. The number of hydrogen-bond donors (Lipinski definition) is 2. The molecule has 2 aliphatic heterocycles. The summed E-state index contributed by atoms with van der Waals surface area (Å²) >= 11 is 0. The van der Waals surface area contributed by atoms with Crippen molar-refractivity contribution in [3.8, 4) is 5.75 Å². The first-order valence-electron chi connectivity index (χ1n) is 9.31. The fourth-order valence-electron chi connectivity index (χ4n) is 3.83. The van der Waals surface area contributed by atoms with Gasteiger partial charge in [0.1, 0.15) is 11.8 Å². The van der Waals surface area contributed by atoms with Crippen molar-refractivity contribution in [3.05, 3.63) is 40.5 Å². The monoisotopic (exact) mass is 369 g/mol. The summed E-state index contributed by atoms with van der Waals surface area (Å²) in [6.07, 6.45) is 3.57. The average Bonchev–Trinajstić information content (AvgIpc) is 3.46. The van der Waals surface area contributed by atoms with Gasteiger partial charge in [0.15, 0.2) is 0 Å². The van der Waals surface area contributed by atoms with Crippen LogP contribution in [0.5, 0.6) is 5.75 Å². The Morgan fingerprint density at radius 3 is 2.52 bits per heavy atom. The Hall–Kier alpha value is -2.83. The van der Waals surface area contributed by atoms with Crippen LogP contribution in [0.25, 0.3) is 0 Å². The molecule has 1 aromatic rings. The molecule has 4 rings (SSSR count). The van der Waals surface area contributed by atoms with Gasteiger partial charge in [0.2, 0.25) is 5.91 Å². The highest BCUT2D eigenvalue weighted by Gasteiger charge is 2.37. The van der Waals surface area contributed by atoms with Crippen LogP contribution in [0.1, 0.15) is 30.4 Å². The number of benzene rings is 1. The Balaban J connectivity index is 1.45. The molecule has 0 aromatic heterocycles. The van der Waals surface area contributed by atoms with Gasteiger partial charge in [0.05, 0.1) is 13.5 Å². The zero-order valence-corrected chi connectivity index (χ0v) is 15.3. The average molecular weight is 369 g/mol. The van der Waals surface area contributed by atoms with Crippen molar-refractivity contribution < 1.29 is 19.1 Å². The summed E-state index contributed by atoms with van der Waals surface area (Å²) in [4.78, 5) is 38.3. The number of ether oxygens (including phenoxy) is 1. The molecule has 142 valence electrons. The van der Waals surface area contributed by atoms with E-state index < -0.39 is 12.1 Å². The number of amides is 4. The number of carbonyl (C=O) groups is 3. The Bertz CT molecular complexity index is 840. The highest BCUT2D eigenvalue weighted by Crippen LogP contribution is 2.35. The molecule has 0 spiro atoms. The van der Waals surface area contributed by atoms with Gasteiger partial charge in [-0.25, -0.2) is 4.79 Å². The standard InChI is InChI=1S/C20H23N3O4/c1-27-15-5-4-12-6-8-23(9-7-14(12)10-15)17(24)11-16(13-2-3-13)18-19(25)22-20(26)21-18/h4-5,10,18H,2-3,6-9,11H2,1H3,(H2,21,22,25,26)/t18-/m1/s1. The summed E-state index contributed by atoms with van der Waals surface area (Å²) in [7, 11) is 1.65. The zero-order valence-electron chi connectivity index (χ0n) is 15.3. The first kappa shape index (κ1) is 17.6. The molecule has 2 N–H and O–H groups in total. The zero-order chi connectivity index (χ0) is 19.0. The minimum atomic E-state index is -0.701. The van der Waals surface area contributed by atoms with Crippen LogP contribution >= 0.6 is 0 Å². The van der Waals surface area contributed by atoms with E-state index >= 15 is 0 Å². The molecule has 27 heavy (non-hydrogen) atoms. The lowest BCUT2D eigenvalue weighted by molar-refractivity contribution is -0.130. The Morgan fingerprint density at radius 1 is 1.15 bits per heavy atom. The molecule has 3 aliphatic rings. The number of nitrogens with one attached hydrogen (secondary N) is 2. The van der Waals surface area contributed by atoms with Gasteiger partial charge in [-0.05, 0) is 54.5 Å². The van der Waals surface area contributed by atoms with Gasteiger partial charge in [-0.3, -0.25) is 14.9 Å². The summed E-state index contributed by atoms with van der Waals surface area (Å²) in [5, 5.41) is 4.89. The van der Waals surface area contributed by atoms with E-state index in [9.17, 15) is 14.4 Å². The Kier molecular flexibility index (Phi) is 4.59. The van der Waals surface area contributed by atoms with Gasteiger partial charge in [0.25, 0.3) is 5.91 Å². The molecule has 1 saturated carbocycles. The van der Waals surface area contributed by atoms with Crippen LogP contribution in [0.2, 0.25) is 0 Å². The number of hydrogen-bond acceptors (Lipinski definition) is 4. The molecular formula is C20H23N3O4. The summed E-state index contributed by atoms with van der Waals surface area (Å²) in [5.74, 6) is 0.480. The summed E-state index contributed by atoms with van der Waals surface area (Å²) < 4.78 is 5.30. The normalized spacial score (nSPS) is 21.1. The molecule has 1 aliphatic carbocycles. The van der Waals surface area contributed by atoms with Crippen LogP contribution in [0.3, 0.4) is 0 Å². The largest absolute Gasteiger partial charge is 0.497 e. The van der Waals surface area contributed by atoms with E-state index in [0.29, 0.717) is 13.1 Å². The number of imide groups is 1. The van der Waals surface area contributed by atoms with Gasteiger partial charge in [-0.1, -0.05) is 11.6 Å². The van der Waals surface area contributed by atoms with Gasteiger partial charge in [-0.15, -0.1) is 0 Å². The van der Waals surface area contributed by atoms with Gasteiger partial charge < -0.3 is 15.0 Å². The first-order chi connectivity index (χ1) is 13.0. The molecule has 7 nitrogen and oxygen atoms in total. The van der Waals surface area contributed by atoms with Gasteiger partial charge >= 0.3 is 6.03 Å². The fraction of sp³-hybridized carbons (Fsp3) is 0.450. The molecule has 1 aromatic carbocycles. The number of allylic oxidation sites excluding steroid dienone is 1. The quantitative estimate of drug-likeness (QED) is 0.619. The SMILES string of the molecule is COc1ccc2c(c1)CCN(C(=O)CC(=C1CC1)[C@H]1NC(=O)NC1=O)CC2. The van der Waals surface area contributed by atoms with Crippen LogP contribution < -0.4 is 15.4 Å². The number of nitrogens with zero attached hydrogens (tertiary/aromatic N) is 1. The maximum Gasteiger partial charge on any atom is 0.322 e. The van der Waals surface area contributed by atoms with E-state index in [1.54, 1.807) is 7.11 Å². The number of urea groups is 1. The minimum absolute atomic E-state index is 0.0121. The van der Waals surface area contributed by atoms with E-state index in [4.69, 9.17) is 4.74 Å². The number of methoxy groups -OCH3 is 1. The van der Waals surface area contributed by atoms with Crippen molar-refractivity contribution in [2.45, 2.75) is 38.1 Å². The Morgan fingerprint density at radius 2 is 1.89 bits per heavy atom. The van der Waals surface area contributed by atoms with Crippen LogP contribution in [-0.4, -0.2) is 49.0 Å². The second-order valence-electron chi connectivity index (χ2n) is 7.22. The van der Waals surface area contributed by atoms with Gasteiger partial charge in [-0.2, -0.15) is 0 Å². The van der Waals surface area contributed by atoms with E-state index in [-0.39, 0.29) is 18.2 Å². The lowest BCUT2D eigenvalue weighted by atomic mass is 10.0.